The van der Waals surface area contributed by atoms with Gasteiger partial charge in [0.05, 0.1) is 0 Å². The quantitative estimate of drug-likeness (QED) is 0.440. The van der Waals surface area contributed by atoms with E-state index in [0.717, 1.165) is 0 Å². The van der Waals surface area contributed by atoms with Crippen molar-refractivity contribution in [1.82, 2.24) is 9.97 Å². The first-order valence-electron chi connectivity index (χ1n) is 2.96. The molecular weight excluding hydrogens is 222 g/mol. The van der Waals surface area contributed by atoms with Crippen LogP contribution in [0.2, 0.25) is 15.6 Å². The van der Waals surface area contributed by atoms with Crippen LogP contribution in [0.1, 0.15) is 5.56 Å². The van der Waals surface area contributed by atoms with Gasteiger partial charge in [-0.05, 0) is 11.6 Å². The molecule has 1 aromatic heterocycles. The molecule has 0 bridgehead atoms. The van der Waals surface area contributed by atoms with Crippen molar-refractivity contribution in [2.24, 2.45) is 0 Å². The van der Waals surface area contributed by atoms with Crippen molar-refractivity contribution in [2.45, 2.75) is 6.42 Å². The molecule has 0 spiro atoms. The Balaban J connectivity index is 3.18. The summed E-state index contributed by atoms with van der Waals surface area (Å²) in [5, 5.41) is 0.207. The molecule has 1 rings (SSSR count). The van der Waals surface area contributed by atoms with Gasteiger partial charge >= 0.3 is 0 Å². The van der Waals surface area contributed by atoms with Crippen LogP contribution in [0.25, 0.3) is 0 Å². The van der Waals surface area contributed by atoms with E-state index in [4.69, 9.17) is 34.8 Å². The number of hydrogen-bond acceptors (Lipinski definition) is 3. The minimum absolute atomic E-state index is 0.0281. The summed E-state index contributed by atoms with van der Waals surface area (Å²) in [6.45, 7) is 0. The molecular formula is C6H3Cl3N2O. The summed E-state index contributed by atoms with van der Waals surface area (Å²) in [5.74, 6) is 0. The van der Waals surface area contributed by atoms with Crippen LogP contribution in [0.4, 0.5) is 0 Å². The minimum atomic E-state index is -0.0281. The zero-order chi connectivity index (χ0) is 9.14. The van der Waals surface area contributed by atoms with Gasteiger partial charge in [0.2, 0.25) is 5.28 Å². The lowest BCUT2D eigenvalue weighted by molar-refractivity contribution is -0.107. The third-order valence-electron chi connectivity index (χ3n) is 1.17. The number of aldehydes is 1. The molecule has 1 heterocycles. The maximum atomic E-state index is 10.2. The molecule has 0 fully saturated rings. The van der Waals surface area contributed by atoms with Crippen molar-refractivity contribution >= 4 is 41.1 Å². The van der Waals surface area contributed by atoms with Gasteiger partial charge in [0, 0.05) is 12.0 Å². The van der Waals surface area contributed by atoms with E-state index < -0.39 is 0 Å². The van der Waals surface area contributed by atoms with E-state index in [2.05, 4.69) is 9.97 Å². The second-order valence-corrected chi connectivity index (χ2v) is 2.98. The highest BCUT2D eigenvalue weighted by atomic mass is 35.5. The zero-order valence-electron chi connectivity index (χ0n) is 5.72. The van der Waals surface area contributed by atoms with Crippen LogP contribution in [-0.2, 0) is 11.2 Å². The minimum Gasteiger partial charge on any atom is -0.303 e. The molecule has 0 amide bonds. The summed E-state index contributed by atoms with van der Waals surface area (Å²) >= 11 is 16.7. The Kier molecular flexibility index (Phi) is 3.26. The van der Waals surface area contributed by atoms with Gasteiger partial charge < -0.3 is 4.79 Å². The van der Waals surface area contributed by atoms with Gasteiger partial charge in [0.25, 0.3) is 0 Å². The van der Waals surface area contributed by atoms with Crippen LogP contribution < -0.4 is 0 Å². The fourth-order valence-electron chi connectivity index (χ4n) is 0.659. The van der Waals surface area contributed by atoms with Crippen molar-refractivity contribution < 1.29 is 4.79 Å². The molecule has 0 aliphatic carbocycles. The van der Waals surface area contributed by atoms with Gasteiger partial charge in [-0.1, -0.05) is 23.2 Å². The molecule has 0 unspecified atom stereocenters. The Hall–Kier alpha value is -0.380. The molecule has 64 valence electrons. The molecule has 0 atom stereocenters. The van der Waals surface area contributed by atoms with E-state index in [-0.39, 0.29) is 22.0 Å². The van der Waals surface area contributed by atoms with Crippen molar-refractivity contribution in [1.29, 1.82) is 0 Å². The highest BCUT2D eigenvalue weighted by molar-refractivity contribution is 6.36. The summed E-state index contributed by atoms with van der Waals surface area (Å²) < 4.78 is 0. The van der Waals surface area contributed by atoms with Gasteiger partial charge in [0.1, 0.15) is 16.6 Å². The standard InChI is InChI=1S/C6H3Cl3N2O/c7-4-3(1-2-12)5(8)11-6(9)10-4/h2H,1H2. The molecule has 12 heavy (non-hydrogen) atoms. The first-order chi connectivity index (χ1) is 5.65. The second kappa shape index (κ2) is 4.03. The summed E-state index contributed by atoms with van der Waals surface area (Å²) in [4.78, 5) is 17.4. The zero-order valence-corrected chi connectivity index (χ0v) is 7.99. The molecule has 0 saturated carbocycles. The fraction of sp³-hybridized carbons (Fsp3) is 0.167. The van der Waals surface area contributed by atoms with Crippen LogP contribution in [0, 0.1) is 0 Å². The van der Waals surface area contributed by atoms with Gasteiger partial charge in [-0.2, -0.15) is 0 Å². The molecule has 0 N–H and O–H groups in total. The van der Waals surface area contributed by atoms with E-state index in [1.807, 2.05) is 0 Å². The number of carbonyl (C=O) groups excluding carboxylic acids is 1. The number of nitrogens with zero attached hydrogens (tertiary/aromatic N) is 2. The van der Waals surface area contributed by atoms with Crippen molar-refractivity contribution in [3.8, 4) is 0 Å². The summed E-state index contributed by atoms with van der Waals surface area (Å²) in [6.07, 6.45) is 0.763. The number of hydrogen-bond donors (Lipinski definition) is 0. The van der Waals surface area contributed by atoms with Gasteiger partial charge in [-0.15, -0.1) is 0 Å². The maximum Gasteiger partial charge on any atom is 0.225 e. The average molecular weight is 225 g/mol. The molecule has 0 aromatic carbocycles. The maximum absolute atomic E-state index is 10.2. The molecule has 0 saturated heterocycles. The van der Waals surface area contributed by atoms with Crippen LogP contribution >= 0.6 is 34.8 Å². The molecule has 3 nitrogen and oxygen atoms in total. The number of aromatic nitrogens is 2. The lowest BCUT2D eigenvalue weighted by Crippen LogP contribution is -1.95. The Morgan fingerprint density at radius 2 is 1.67 bits per heavy atom. The summed E-state index contributed by atoms with van der Waals surface area (Å²) in [5.41, 5.74) is 0.401. The van der Waals surface area contributed by atoms with Gasteiger partial charge in [-0.3, -0.25) is 0 Å². The SMILES string of the molecule is O=CCc1c(Cl)nc(Cl)nc1Cl. The van der Waals surface area contributed by atoms with Crippen LogP contribution in [0.5, 0.6) is 0 Å². The van der Waals surface area contributed by atoms with E-state index >= 15 is 0 Å². The van der Waals surface area contributed by atoms with Gasteiger partial charge in [-0.25, -0.2) is 9.97 Å². The van der Waals surface area contributed by atoms with E-state index in [9.17, 15) is 4.79 Å². The Bertz CT molecular complexity index is 293. The highest BCUT2D eigenvalue weighted by Gasteiger charge is 2.09. The first kappa shape index (κ1) is 9.71. The predicted molar refractivity (Wildman–Crippen MR) is 46.8 cm³/mol. The summed E-state index contributed by atoms with van der Waals surface area (Å²) in [7, 11) is 0. The van der Waals surface area contributed by atoms with Gasteiger partial charge in [0.15, 0.2) is 0 Å². The third kappa shape index (κ3) is 2.06. The van der Waals surface area contributed by atoms with Crippen molar-refractivity contribution in [3.05, 3.63) is 21.2 Å². The first-order valence-corrected chi connectivity index (χ1v) is 4.09. The molecule has 0 aliphatic rings. The molecule has 0 radical (unpaired) electrons. The van der Waals surface area contributed by atoms with Crippen molar-refractivity contribution in [3.63, 3.8) is 0 Å². The largest absolute Gasteiger partial charge is 0.303 e. The van der Waals surface area contributed by atoms with Crippen LogP contribution in [0.15, 0.2) is 0 Å². The molecule has 1 aromatic rings. The van der Waals surface area contributed by atoms with E-state index in [1.54, 1.807) is 0 Å². The molecule has 6 heteroatoms. The highest BCUT2D eigenvalue weighted by Crippen LogP contribution is 2.22. The normalized spacial score (nSPS) is 9.92. The lowest BCUT2D eigenvalue weighted by atomic mass is 10.3. The Labute approximate surface area is 83.7 Å². The Morgan fingerprint density at radius 3 is 2.08 bits per heavy atom. The average Bonchev–Trinajstić information content (AvgIpc) is 1.96. The summed E-state index contributed by atoms with van der Waals surface area (Å²) in [6, 6.07) is 0. The van der Waals surface area contributed by atoms with E-state index in [0.29, 0.717) is 11.8 Å². The topological polar surface area (TPSA) is 42.9 Å². The lowest BCUT2D eigenvalue weighted by Gasteiger charge is -2.00. The third-order valence-corrected chi connectivity index (χ3v) is 1.96. The number of halogens is 3. The van der Waals surface area contributed by atoms with Crippen LogP contribution in [0.3, 0.4) is 0 Å². The van der Waals surface area contributed by atoms with E-state index in [1.165, 1.54) is 0 Å². The smallest absolute Gasteiger partial charge is 0.225 e. The monoisotopic (exact) mass is 224 g/mol. The van der Waals surface area contributed by atoms with Crippen molar-refractivity contribution in [2.75, 3.05) is 0 Å². The fourth-order valence-corrected chi connectivity index (χ4v) is 1.46. The number of rotatable bonds is 2. The Morgan fingerprint density at radius 1 is 1.17 bits per heavy atom. The number of carbonyl (C=O) groups is 1. The predicted octanol–water partition coefficient (Wildman–Crippen LogP) is 2.18. The van der Waals surface area contributed by atoms with Crippen LogP contribution in [-0.4, -0.2) is 16.3 Å². The molecule has 0 aliphatic heterocycles. The second-order valence-electron chi connectivity index (χ2n) is 1.92.